The van der Waals surface area contributed by atoms with Gasteiger partial charge in [0.15, 0.2) is 0 Å². The summed E-state index contributed by atoms with van der Waals surface area (Å²) in [6.45, 7) is 6.93. The van der Waals surface area contributed by atoms with Crippen LogP contribution >= 0.6 is 0 Å². The average molecular weight is 354 g/mol. The molecule has 0 bridgehead atoms. The van der Waals surface area contributed by atoms with E-state index in [1.165, 1.54) is 32.1 Å². The van der Waals surface area contributed by atoms with E-state index in [9.17, 15) is 14.7 Å². The number of ether oxygens (including phenoxy) is 1. The highest BCUT2D eigenvalue weighted by Crippen LogP contribution is 2.28. The number of carbonyl (C=O) groups excluding carboxylic acids is 1. The van der Waals surface area contributed by atoms with E-state index in [4.69, 9.17) is 4.74 Å². The number of alkyl carbamates (subject to hydrolysis) is 1. The molecule has 6 nitrogen and oxygen atoms in total. The largest absolute Gasteiger partial charge is 0.480 e. The Balaban J connectivity index is 1.97. The average Bonchev–Trinajstić information content (AvgIpc) is 2.94. The Bertz CT molecular complexity index is 455. The summed E-state index contributed by atoms with van der Waals surface area (Å²) in [5.41, 5.74) is -0.531. The minimum atomic E-state index is -0.758. The van der Waals surface area contributed by atoms with Gasteiger partial charge in [-0.05, 0) is 52.5 Å². The number of hydrogen-bond acceptors (Lipinski definition) is 4. The third-order valence-electron chi connectivity index (χ3n) is 5.17. The summed E-state index contributed by atoms with van der Waals surface area (Å²) in [5.74, 6) is -0.147. The second-order valence-electron chi connectivity index (χ2n) is 8.57. The van der Waals surface area contributed by atoms with Crippen LogP contribution in [0.3, 0.4) is 0 Å². The van der Waals surface area contributed by atoms with Crippen molar-refractivity contribution in [2.75, 3.05) is 13.1 Å². The lowest BCUT2D eigenvalue weighted by Gasteiger charge is -2.32. The van der Waals surface area contributed by atoms with Crippen LogP contribution in [0.5, 0.6) is 0 Å². The van der Waals surface area contributed by atoms with Gasteiger partial charge in [-0.1, -0.05) is 32.1 Å². The molecule has 1 aliphatic carbocycles. The number of amides is 1. The zero-order valence-corrected chi connectivity index (χ0v) is 15.9. The van der Waals surface area contributed by atoms with Crippen LogP contribution in [0.1, 0.15) is 72.1 Å². The second kappa shape index (κ2) is 8.88. The van der Waals surface area contributed by atoms with Crippen molar-refractivity contribution in [1.82, 2.24) is 10.2 Å². The summed E-state index contributed by atoms with van der Waals surface area (Å²) in [6.07, 6.45) is 8.31. The molecule has 2 atom stereocenters. The van der Waals surface area contributed by atoms with Gasteiger partial charge in [0.05, 0.1) is 0 Å². The van der Waals surface area contributed by atoms with E-state index in [0.717, 1.165) is 19.4 Å². The number of nitrogens with zero attached hydrogens (tertiary/aromatic N) is 1. The molecule has 0 aromatic heterocycles. The van der Waals surface area contributed by atoms with Crippen LogP contribution in [0.4, 0.5) is 4.79 Å². The Morgan fingerprint density at radius 3 is 2.44 bits per heavy atom. The van der Waals surface area contributed by atoms with Crippen molar-refractivity contribution < 1.29 is 19.4 Å². The Kier molecular flexibility index (Phi) is 7.11. The number of likely N-dealkylation sites (tertiary alicyclic amines) is 1. The van der Waals surface area contributed by atoms with Crippen molar-refractivity contribution in [3.8, 4) is 0 Å². The summed E-state index contributed by atoms with van der Waals surface area (Å²) in [4.78, 5) is 25.7. The highest BCUT2D eigenvalue weighted by molar-refractivity contribution is 5.73. The maximum Gasteiger partial charge on any atom is 0.407 e. The predicted octanol–water partition coefficient (Wildman–Crippen LogP) is 3.40. The van der Waals surface area contributed by atoms with E-state index in [2.05, 4.69) is 5.32 Å². The first-order chi connectivity index (χ1) is 11.7. The maximum absolute atomic E-state index is 12.2. The maximum atomic E-state index is 12.2. The van der Waals surface area contributed by atoms with Crippen LogP contribution in [0, 0.1) is 5.92 Å². The Labute approximate surface area is 151 Å². The molecule has 1 aliphatic heterocycles. The van der Waals surface area contributed by atoms with Crippen molar-refractivity contribution >= 4 is 12.1 Å². The molecule has 2 rings (SSSR count). The van der Waals surface area contributed by atoms with Gasteiger partial charge in [-0.25, -0.2) is 4.79 Å². The SMILES string of the molecule is CC(C)(C)OC(=O)NC(CC1CCCCC1)CN1CCC[C@H]1C(=O)O. The van der Waals surface area contributed by atoms with Gasteiger partial charge in [0.1, 0.15) is 11.6 Å². The Hall–Kier alpha value is -1.30. The van der Waals surface area contributed by atoms with E-state index in [0.29, 0.717) is 18.9 Å². The van der Waals surface area contributed by atoms with E-state index >= 15 is 0 Å². The quantitative estimate of drug-likeness (QED) is 0.764. The fourth-order valence-corrected chi connectivity index (χ4v) is 4.09. The molecular formula is C19H34N2O4. The smallest absolute Gasteiger partial charge is 0.407 e. The Morgan fingerprint density at radius 2 is 1.84 bits per heavy atom. The van der Waals surface area contributed by atoms with Crippen molar-refractivity contribution in [3.05, 3.63) is 0 Å². The molecule has 1 saturated carbocycles. The molecule has 144 valence electrons. The van der Waals surface area contributed by atoms with Gasteiger partial charge in [-0.15, -0.1) is 0 Å². The van der Waals surface area contributed by atoms with Crippen LogP contribution in [0.25, 0.3) is 0 Å². The molecule has 0 radical (unpaired) electrons. The van der Waals surface area contributed by atoms with Gasteiger partial charge in [0, 0.05) is 12.6 Å². The summed E-state index contributed by atoms with van der Waals surface area (Å²) < 4.78 is 5.41. The lowest BCUT2D eigenvalue weighted by Crippen LogP contribution is -2.49. The van der Waals surface area contributed by atoms with Crippen LogP contribution in [0.15, 0.2) is 0 Å². The first-order valence-corrected chi connectivity index (χ1v) is 9.71. The molecule has 2 fully saturated rings. The summed E-state index contributed by atoms with van der Waals surface area (Å²) >= 11 is 0. The molecule has 1 unspecified atom stereocenters. The topological polar surface area (TPSA) is 78.9 Å². The van der Waals surface area contributed by atoms with E-state index < -0.39 is 23.7 Å². The summed E-state index contributed by atoms with van der Waals surface area (Å²) in [7, 11) is 0. The lowest BCUT2D eigenvalue weighted by atomic mass is 9.84. The predicted molar refractivity (Wildman–Crippen MR) is 96.6 cm³/mol. The molecule has 0 aromatic rings. The third-order valence-corrected chi connectivity index (χ3v) is 5.17. The van der Waals surface area contributed by atoms with Crippen LogP contribution in [0.2, 0.25) is 0 Å². The van der Waals surface area contributed by atoms with Gasteiger partial charge in [-0.2, -0.15) is 0 Å². The van der Waals surface area contributed by atoms with Crippen molar-refractivity contribution in [1.29, 1.82) is 0 Å². The summed E-state index contributed by atoms with van der Waals surface area (Å²) in [6, 6.07) is -0.479. The zero-order valence-electron chi connectivity index (χ0n) is 15.9. The number of nitrogens with one attached hydrogen (secondary N) is 1. The minimum absolute atomic E-state index is 0.0575. The van der Waals surface area contributed by atoms with Crippen LogP contribution < -0.4 is 5.32 Å². The molecule has 1 amide bonds. The second-order valence-corrected chi connectivity index (χ2v) is 8.57. The molecule has 25 heavy (non-hydrogen) atoms. The number of aliphatic carboxylic acids is 1. The van der Waals surface area contributed by atoms with Gasteiger partial charge < -0.3 is 15.2 Å². The van der Waals surface area contributed by atoms with E-state index in [-0.39, 0.29) is 6.04 Å². The molecule has 6 heteroatoms. The number of hydrogen-bond donors (Lipinski definition) is 2. The number of carboxylic acid groups (broad SMARTS) is 1. The fourth-order valence-electron chi connectivity index (χ4n) is 4.09. The molecule has 2 aliphatic rings. The zero-order chi connectivity index (χ0) is 18.4. The van der Waals surface area contributed by atoms with Crippen molar-refractivity contribution in [2.24, 2.45) is 5.92 Å². The highest BCUT2D eigenvalue weighted by Gasteiger charge is 2.33. The van der Waals surface area contributed by atoms with Gasteiger partial charge in [0.25, 0.3) is 0 Å². The first-order valence-electron chi connectivity index (χ1n) is 9.71. The normalized spacial score (nSPS) is 24.0. The van der Waals surface area contributed by atoms with Crippen LogP contribution in [-0.2, 0) is 9.53 Å². The van der Waals surface area contributed by atoms with Gasteiger partial charge >= 0.3 is 12.1 Å². The van der Waals surface area contributed by atoms with Crippen molar-refractivity contribution in [2.45, 2.75) is 89.8 Å². The Morgan fingerprint density at radius 1 is 1.16 bits per heavy atom. The molecule has 0 spiro atoms. The third kappa shape index (κ3) is 6.84. The standard InChI is InChI=1S/C19H34N2O4/c1-19(2,3)25-18(24)20-15(12-14-8-5-4-6-9-14)13-21-11-7-10-16(21)17(22)23/h14-16H,4-13H2,1-3H3,(H,20,24)(H,22,23)/t15?,16-/m0/s1. The summed E-state index contributed by atoms with van der Waals surface area (Å²) in [5, 5.41) is 12.4. The highest BCUT2D eigenvalue weighted by atomic mass is 16.6. The van der Waals surface area contributed by atoms with Crippen molar-refractivity contribution in [3.63, 3.8) is 0 Å². The van der Waals surface area contributed by atoms with E-state index in [1.54, 1.807) is 0 Å². The minimum Gasteiger partial charge on any atom is -0.480 e. The molecule has 2 N–H and O–H groups in total. The first kappa shape index (κ1) is 20.0. The molecule has 0 aromatic carbocycles. The molecule has 1 heterocycles. The fraction of sp³-hybridized carbons (Fsp3) is 0.895. The van der Waals surface area contributed by atoms with E-state index in [1.807, 2.05) is 25.7 Å². The lowest BCUT2D eigenvalue weighted by molar-refractivity contribution is -0.142. The number of carboxylic acids is 1. The molecular weight excluding hydrogens is 320 g/mol. The van der Waals surface area contributed by atoms with Gasteiger partial charge in [-0.3, -0.25) is 9.69 Å². The monoisotopic (exact) mass is 354 g/mol. The van der Waals surface area contributed by atoms with Crippen LogP contribution in [-0.4, -0.2) is 52.8 Å². The number of carbonyl (C=O) groups is 2. The van der Waals surface area contributed by atoms with Gasteiger partial charge in [0.2, 0.25) is 0 Å². The number of rotatable bonds is 6. The molecule has 1 saturated heterocycles.